The van der Waals surface area contributed by atoms with Crippen LogP contribution in [0, 0.1) is 0 Å². The standard InChI is InChI=1S/C19H24N4O3/c1-22(2)16-9-5-14(6-10-16)13-20-18(24)21-15-7-11-17(12-8-15)23(3)19(25)26-4/h5-12H,13H2,1-4H3,(H2,20,21,24). The zero-order valence-corrected chi connectivity index (χ0v) is 15.4. The summed E-state index contributed by atoms with van der Waals surface area (Å²) in [6.07, 6.45) is -0.455. The molecule has 26 heavy (non-hydrogen) atoms. The number of benzene rings is 2. The third-order valence-corrected chi connectivity index (χ3v) is 3.87. The highest BCUT2D eigenvalue weighted by atomic mass is 16.5. The Morgan fingerprint density at radius 2 is 1.50 bits per heavy atom. The molecule has 2 aromatic carbocycles. The molecule has 138 valence electrons. The van der Waals surface area contributed by atoms with Crippen molar-refractivity contribution in [1.29, 1.82) is 0 Å². The number of hydrogen-bond acceptors (Lipinski definition) is 4. The number of urea groups is 1. The first-order valence-corrected chi connectivity index (χ1v) is 8.13. The Bertz CT molecular complexity index is 742. The Morgan fingerprint density at radius 1 is 0.923 bits per heavy atom. The van der Waals surface area contributed by atoms with E-state index in [-0.39, 0.29) is 6.03 Å². The van der Waals surface area contributed by atoms with Gasteiger partial charge in [0.25, 0.3) is 0 Å². The van der Waals surface area contributed by atoms with Crippen molar-refractivity contribution in [2.75, 3.05) is 43.4 Å². The van der Waals surface area contributed by atoms with E-state index in [4.69, 9.17) is 0 Å². The topological polar surface area (TPSA) is 73.9 Å². The van der Waals surface area contributed by atoms with Gasteiger partial charge in [0.05, 0.1) is 7.11 Å². The van der Waals surface area contributed by atoms with Gasteiger partial charge in [-0.25, -0.2) is 9.59 Å². The lowest BCUT2D eigenvalue weighted by molar-refractivity contribution is 0.180. The minimum atomic E-state index is -0.455. The van der Waals surface area contributed by atoms with Crippen LogP contribution >= 0.6 is 0 Å². The number of hydrogen-bond donors (Lipinski definition) is 2. The van der Waals surface area contributed by atoms with Gasteiger partial charge in [-0.2, -0.15) is 0 Å². The van der Waals surface area contributed by atoms with E-state index < -0.39 is 6.09 Å². The second-order valence-corrected chi connectivity index (χ2v) is 5.94. The maximum absolute atomic E-state index is 12.0. The molecule has 0 radical (unpaired) electrons. The number of carbonyl (C=O) groups excluding carboxylic acids is 2. The van der Waals surface area contributed by atoms with Crippen LogP contribution in [-0.4, -0.2) is 40.4 Å². The Labute approximate surface area is 153 Å². The van der Waals surface area contributed by atoms with Crippen LogP contribution in [0.25, 0.3) is 0 Å². The van der Waals surface area contributed by atoms with Crippen LogP contribution in [-0.2, 0) is 11.3 Å². The number of amides is 3. The quantitative estimate of drug-likeness (QED) is 0.862. The molecule has 0 atom stereocenters. The number of anilines is 3. The summed E-state index contributed by atoms with van der Waals surface area (Å²) in [4.78, 5) is 26.9. The van der Waals surface area contributed by atoms with Gasteiger partial charge >= 0.3 is 12.1 Å². The van der Waals surface area contributed by atoms with Crippen LogP contribution in [0.1, 0.15) is 5.56 Å². The minimum Gasteiger partial charge on any atom is -0.452 e. The van der Waals surface area contributed by atoms with E-state index in [0.29, 0.717) is 17.9 Å². The molecule has 0 aliphatic carbocycles. The zero-order valence-electron chi connectivity index (χ0n) is 15.4. The first-order chi connectivity index (χ1) is 12.4. The summed E-state index contributed by atoms with van der Waals surface area (Å²) >= 11 is 0. The van der Waals surface area contributed by atoms with E-state index in [2.05, 4.69) is 15.4 Å². The maximum atomic E-state index is 12.0. The molecule has 0 saturated carbocycles. The molecule has 2 rings (SSSR count). The van der Waals surface area contributed by atoms with Gasteiger partial charge < -0.3 is 20.3 Å². The van der Waals surface area contributed by atoms with Crippen molar-refractivity contribution < 1.29 is 14.3 Å². The summed E-state index contributed by atoms with van der Waals surface area (Å²) in [5.41, 5.74) is 3.42. The van der Waals surface area contributed by atoms with E-state index >= 15 is 0 Å². The molecule has 0 heterocycles. The first-order valence-electron chi connectivity index (χ1n) is 8.13. The molecule has 0 saturated heterocycles. The summed E-state index contributed by atoms with van der Waals surface area (Å²) in [6.45, 7) is 0.433. The van der Waals surface area contributed by atoms with Gasteiger partial charge in [-0.3, -0.25) is 4.90 Å². The fraction of sp³-hybridized carbons (Fsp3) is 0.263. The lowest BCUT2D eigenvalue weighted by Gasteiger charge is -2.16. The SMILES string of the molecule is COC(=O)N(C)c1ccc(NC(=O)NCc2ccc(N(C)C)cc2)cc1. The second-order valence-electron chi connectivity index (χ2n) is 5.94. The van der Waals surface area contributed by atoms with Crippen LogP contribution in [0.5, 0.6) is 0 Å². The Balaban J connectivity index is 1.86. The largest absolute Gasteiger partial charge is 0.452 e. The van der Waals surface area contributed by atoms with Crippen LogP contribution in [0.3, 0.4) is 0 Å². The van der Waals surface area contributed by atoms with E-state index in [9.17, 15) is 9.59 Å². The fourth-order valence-electron chi connectivity index (χ4n) is 2.28. The zero-order chi connectivity index (χ0) is 19.1. The molecule has 7 nitrogen and oxygen atoms in total. The van der Waals surface area contributed by atoms with Gasteiger partial charge in [0, 0.05) is 44.7 Å². The molecule has 0 fully saturated rings. The van der Waals surface area contributed by atoms with Gasteiger partial charge in [-0.05, 0) is 42.0 Å². The molecule has 0 spiro atoms. The van der Waals surface area contributed by atoms with Gasteiger partial charge in [0.15, 0.2) is 0 Å². The summed E-state index contributed by atoms with van der Waals surface area (Å²) in [5, 5.41) is 5.57. The van der Waals surface area contributed by atoms with Gasteiger partial charge in [0.2, 0.25) is 0 Å². The number of nitrogens with one attached hydrogen (secondary N) is 2. The molecule has 0 aromatic heterocycles. The monoisotopic (exact) mass is 356 g/mol. The lowest BCUT2D eigenvalue weighted by atomic mass is 10.2. The summed E-state index contributed by atoms with van der Waals surface area (Å²) < 4.78 is 4.66. The molecular weight excluding hydrogens is 332 g/mol. The first kappa shape index (κ1) is 19.1. The Morgan fingerprint density at radius 3 is 2.04 bits per heavy atom. The predicted octanol–water partition coefficient (Wildman–Crippen LogP) is 3.28. The van der Waals surface area contributed by atoms with Crippen molar-refractivity contribution >= 4 is 29.2 Å². The molecule has 0 unspecified atom stereocenters. The molecule has 3 amide bonds. The van der Waals surface area contributed by atoms with E-state index in [1.807, 2.05) is 43.3 Å². The van der Waals surface area contributed by atoms with Gasteiger partial charge in [0.1, 0.15) is 0 Å². The molecule has 7 heteroatoms. The maximum Gasteiger partial charge on any atom is 0.413 e. The fourth-order valence-corrected chi connectivity index (χ4v) is 2.28. The van der Waals surface area contributed by atoms with Gasteiger partial charge in [-0.1, -0.05) is 12.1 Å². The second kappa shape index (κ2) is 8.75. The molecule has 0 bridgehead atoms. The van der Waals surface area contributed by atoms with E-state index in [0.717, 1.165) is 11.3 Å². The van der Waals surface area contributed by atoms with Gasteiger partial charge in [-0.15, -0.1) is 0 Å². The normalized spacial score (nSPS) is 10.0. The highest BCUT2D eigenvalue weighted by Gasteiger charge is 2.10. The van der Waals surface area contributed by atoms with Crippen molar-refractivity contribution in [2.45, 2.75) is 6.54 Å². The van der Waals surface area contributed by atoms with Crippen LogP contribution in [0.4, 0.5) is 26.7 Å². The third kappa shape index (κ3) is 5.14. The van der Waals surface area contributed by atoms with Crippen molar-refractivity contribution in [1.82, 2.24) is 5.32 Å². The van der Waals surface area contributed by atoms with E-state index in [1.165, 1.54) is 12.0 Å². The number of rotatable bonds is 5. The molecule has 0 aliphatic heterocycles. The average molecular weight is 356 g/mol. The van der Waals surface area contributed by atoms with Crippen molar-refractivity contribution in [3.05, 3.63) is 54.1 Å². The smallest absolute Gasteiger partial charge is 0.413 e. The summed E-state index contributed by atoms with van der Waals surface area (Å²) in [7, 11) is 6.90. The molecule has 0 aliphatic rings. The number of nitrogens with zero attached hydrogens (tertiary/aromatic N) is 2. The van der Waals surface area contributed by atoms with Crippen LogP contribution < -0.4 is 20.4 Å². The Hall–Kier alpha value is -3.22. The summed E-state index contributed by atoms with van der Waals surface area (Å²) in [5.74, 6) is 0. The lowest BCUT2D eigenvalue weighted by Crippen LogP contribution is -2.28. The molecule has 2 aromatic rings. The summed E-state index contributed by atoms with van der Waals surface area (Å²) in [6, 6.07) is 14.6. The van der Waals surface area contributed by atoms with Crippen molar-refractivity contribution in [3.8, 4) is 0 Å². The number of ether oxygens (including phenoxy) is 1. The van der Waals surface area contributed by atoms with Crippen molar-refractivity contribution in [2.24, 2.45) is 0 Å². The number of carbonyl (C=O) groups is 2. The average Bonchev–Trinajstić information content (AvgIpc) is 2.66. The van der Waals surface area contributed by atoms with Crippen molar-refractivity contribution in [3.63, 3.8) is 0 Å². The Kier molecular flexibility index (Phi) is 6.43. The van der Waals surface area contributed by atoms with E-state index in [1.54, 1.807) is 31.3 Å². The third-order valence-electron chi connectivity index (χ3n) is 3.87. The van der Waals surface area contributed by atoms with Crippen LogP contribution in [0.15, 0.2) is 48.5 Å². The molecular formula is C19H24N4O3. The van der Waals surface area contributed by atoms with Crippen LogP contribution in [0.2, 0.25) is 0 Å². The highest BCUT2D eigenvalue weighted by Crippen LogP contribution is 2.17. The minimum absolute atomic E-state index is 0.296. The number of methoxy groups -OCH3 is 1. The molecule has 2 N–H and O–H groups in total. The predicted molar refractivity (Wildman–Crippen MR) is 104 cm³/mol. The highest BCUT2D eigenvalue weighted by molar-refractivity contribution is 5.90.